The predicted octanol–water partition coefficient (Wildman–Crippen LogP) is 3.57. The van der Waals surface area contributed by atoms with Crippen LogP contribution in [0.25, 0.3) is 0 Å². The summed E-state index contributed by atoms with van der Waals surface area (Å²) in [7, 11) is 1.83. The van der Waals surface area contributed by atoms with E-state index in [1.807, 2.05) is 7.05 Å². The molecule has 2 N–H and O–H groups in total. The maximum Gasteiger partial charge on any atom is 0.191 e. The van der Waals surface area contributed by atoms with Gasteiger partial charge < -0.3 is 25.0 Å². The summed E-state index contributed by atoms with van der Waals surface area (Å²) in [5, 5.41) is 6.89. The first-order valence-corrected chi connectivity index (χ1v) is 11.2. The van der Waals surface area contributed by atoms with Crippen LogP contribution in [0.3, 0.4) is 0 Å². The summed E-state index contributed by atoms with van der Waals surface area (Å²) in [6.45, 7) is 9.63. The number of aryl methyl sites for hydroxylation is 1. The fourth-order valence-electron chi connectivity index (χ4n) is 3.96. The normalized spacial score (nSPS) is 20.3. The van der Waals surface area contributed by atoms with Crippen LogP contribution in [-0.2, 0) is 11.3 Å². The van der Waals surface area contributed by atoms with Gasteiger partial charge in [-0.15, -0.1) is 24.0 Å². The maximum absolute atomic E-state index is 6.15. The van der Waals surface area contributed by atoms with Gasteiger partial charge in [0.05, 0.1) is 13.2 Å². The number of nitrogens with zero attached hydrogens (tertiary/aromatic N) is 2. The van der Waals surface area contributed by atoms with E-state index in [4.69, 9.17) is 9.47 Å². The lowest BCUT2D eigenvalue weighted by Crippen LogP contribution is -2.41. The quantitative estimate of drug-likeness (QED) is 0.306. The van der Waals surface area contributed by atoms with Gasteiger partial charge in [-0.25, -0.2) is 0 Å². The van der Waals surface area contributed by atoms with E-state index in [0.717, 1.165) is 56.6 Å². The highest BCUT2D eigenvalue weighted by atomic mass is 127. The highest BCUT2D eigenvalue weighted by Gasteiger charge is 2.17. The molecule has 0 saturated carbocycles. The number of nitrogens with one attached hydrogen (secondary N) is 2. The Labute approximate surface area is 199 Å². The van der Waals surface area contributed by atoms with Gasteiger partial charge in [0.1, 0.15) is 5.75 Å². The Morgan fingerprint density at radius 3 is 2.70 bits per heavy atom. The largest absolute Gasteiger partial charge is 0.493 e. The number of hydrogen-bond acceptors (Lipinski definition) is 4. The molecule has 2 aliphatic rings. The van der Waals surface area contributed by atoms with Crippen LogP contribution in [0.5, 0.6) is 5.75 Å². The molecule has 6 nitrogen and oxygen atoms in total. The number of benzene rings is 1. The van der Waals surface area contributed by atoms with E-state index >= 15 is 0 Å². The second kappa shape index (κ2) is 14.1. The first kappa shape index (κ1) is 25.2. The molecule has 0 bridgehead atoms. The zero-order chi connectivity index (χ0) is 20.3. The third-order valence-electron chi connectivity index (χ3n) is 5.81. The summed E-state index contributed by atoms with van der Waals surface area (Å²) in [6.07, 6.45) is 6.50. The van der Waals surface area contributed by atoms with Gasteiger partial charge in [0, 0.05) is 44.8 Å². The maximum atomic E-state index is 6.15. The number of ether oxygens (including phenoxy) is 2. The van der Waals surface area contributed by atoms with E-state index in [2.05, 4.69) is 45.6 Å². The monoisotopic (exact) mass is 530 g/mol. The van der Waals surface area contributed by atoms with Crippen LogP contribution in [0.2, 0.25) is 0 Å². The Bertz CT molecular complexity index is 642. The van der Waals surface area contributed by atoms with E-state index in [-0.39, 0.29) is 24.0 Å². The average molecular weight is 530 g/mol. The average Bonchev–Trinajstić information content (AvgIpc) is 3.12. The van der Waals surface area contributed by atoms with Crippen molar-refractivity contribution < 1.29 is 9.47 Å². The van der Waals surface area contributed by atoms with Gasteiger partial charge in [-0.1, -0.05) is 25.0 Å². The molecule has 0 spiro atoms. The zero-order valence-electron chi connectivity index (χ0n) is 18.6. The molecular formula is C23H39IN4O2. The van der Waals surface area contributed by atoms with Gasteiger partial charge >= 0.3 is 0 Å². The Kier molecular flexibility index (Phi) is 11.8. The molecular weight excluding hydrogens is 491 g/mol. The van der Waals surface area contributed by atoms with Crippen LogP contribution in [0.1, 0.15) is 43.2 Å². The number of aliphatic imine (C=N–C) groups is 1. The summed E-state index contributed by atoms with van der Waals surface area (Å²) >= 11 is 0. The number of rotatable bonds is 8. The molecule has 2 saturated heterocycles. The summed E-state index contributed by atoms with van der Waals surface area (Å²) in [5.41, 5.74) is 2.37. The van der Waals surface area contributed by atoms with E-state index in [9.17, 15) is 0 Å². The molecule has 0 aromatic heterocycles. The molecule has 2 aliphatic heterocycles. The van der Waals surface area contributed by atoms with Crippen LogP contribution in [0.4, 0.5) is 0 Å². The minimum absolute atomic E-state index is 0. The Hall–Kier alpha value is -1.06. The summed E-state index contributed by atoms with van der Waals surface area (Å²) in [5.74, 6) is 2.31. The van der Waals surface area contributed by atoms with Crippen molar-refractivity contribution >= 4 is 29.9 Å². The van der Waals surface area contributed by atoms with Crippen LogP contribution in [-0.4, -0.2) is 63.9 Å². The number of likely N-dealkylation sites (tertiary alicyclic amines) is 1. The molecule has 1 unspecified atom stereocenters. The number of halogens is 1. The number of hydrogen-bond donors (Lipinski definition) is 2. The van der Waals surface area contributed by atoms with Crippen molar-refractivity contribution in [3.8, 4) is 5.75 Å². The molecule has 7 heteroatoms. The van der Waals surface area contributed by atoms with Gasteiger partial charge in [-0.2, -0.15) is 0 Å². The standard InChI is InChI=1S/C23H38N4O2.HI/c1-19-7-8-21(22(15-19)29-18-20-9-14-28-17-20)16-26-23(24-2)25-10-13-27-11-5-3-4-6-12-27;/h7-8,15,20H,3-6,9-14,16-18H2,1-2H3,(H2,24,25,26);1H. The molecule has 1 aromatic rings. The van der Waals surface area contributed by atoms with Gasteiger partial charge in [-0.05, 0) is 50.9 Å². The third-order valence-corrected chi connectivity index (χ3v) is 5.81. The molecule has 2 heterocycles. The first-order chi connectivity index (χ1) is 14.2. The summed E-state index contributed by atoms with van der Waals surface area (Å²) in [4.78, 5) is 6.94. The smallest absolute Gasteiger partial charge is 0.191 e. The molecule has 170 valence electrons. The van der Waals surface area contributed by atoms with Crippen molar-refractivity contribution in [2.75, 3.05) is 53.0 Å². The molecule has 1 aromatic carbocycles. The Morgan fingerprint density at radius 2 is 2.00 bits per heavy atom. The molecule has 0 radical (unpaired) electrons. The van der Waals surface area contributed by atoms with E-state index in [1.54, 1.807) is 0 Å². The van der Waals surface area contributed by atoms with Crippen molar-refractivity contribution in [1.29, 1.82) is 0 Å². The second-order valence-corrected chi connectivity index (χ2v) is 8.26. The number of guanidine groups is 1. The van der Waals surface area contributed by atoms with E-state index in [1.165, 1.54) is 44.3 Å². The third kappa shape index (κ3) is 8.59. The molecule has 3 rings (SSSR count). The fourth-order valence-corrected chi connectivity index (χ4v) is 3.96. The lowest BCUT2D eigenvalue weighted by atomic mass is 10.1. The zero-order valence-corrected chi connectivity index (χ0v) is 21.0. The minimum Gasteiger partial charge on any atom is -0.493 e. The van der Waals surface area contributed by atoms with Crippen LogP contribution >= 0.6 is 24.0 Å². The van der Waals surface area contributed by atoms with Crippen molar-refractivity contribution in [3.05, 3.63) is 29.3 Å². The van der Waals surface area contributed by atoms with Gasteiger partial charge in [-0.3, -0.25) is 4.99 Å². The minimum atomic E-state index is 0. The van der Waals surface area contributed by atoms with Crippen LogP contribution < -0.4 is 15.4 Å². The van der Waals surface area contributed by atoms with Crippen molar-refractivity contribution in [1.82, 2.24) is 15.5 Å². The molecule has 1 atom stereocenters. The second-order valence-electron chi connectivity index (χ2n) is 8.26. The lowest BCUT2D eigenvalue weighted by molar-refractivity contribution is 0.166. The van der Waals surface area contributed by atoms with Gasteiger partial charge in [0.15, 0.2) is 5.96 Å². The van der Waals surface area contributed by atoms with Crippen molar-refractivity contribution in [2.45, 2.75) is 45.6 Å². The predicted molar refractivity (Wildman–Crippen MR) is 134 cm³/mol. The highest BCUT2D eigenvalue weighted by Crippen LogP contribution is 2.22. The molecule has 0 amide bonds. The highest BCUT2D eigenvalue weighted by molar-refractivity contribution is 14.0. The van der Waals surface area contributed by atoms with Crippen molar-refractivity contribution in [3.63, 3.8) is 0 Å². The van der Waals surface area contributed by atoms with E-state index in [0.29, 0.717) is 12.5 Å². The molecule has 30 heavy (non-hydrogen) atoms. The fraction of sp³-hybridized carbons (Fsp3) is 0.696. The topological polar surface area (TPSA) is 58.1 Å². The molecule has 2 fully saturated rings. The molecule has 0 aliphatic carbocycles. The van der Waals surface area contributed by atoms with Crippen LogP contribution in [0.15, 0.2) is 23.2 Å². The summed E-state index contributed by atoms with van der Waals surface area (Å²) in [6, 6.07) is 6.41. The van der Waals surface area contributed by atoms with Crippen molar-refractivity contribution in [2.24, 2.45) is 10.9 Å². The van der Waals surface area contributed by atoms with Gasteiger partial charge in [0.2, 0.25) is 0 Å². The van der Waals surface area contributed by atoms with E-state index < -0.39 is 0 Å². The van der Waals surface area contributed by atoms with Crippen LogP contribution in [0, 0.1) is 12.8 Å². The summed E-state index contributed by atoms with van der Waals surface area (Å²) < 4.78 is 11.6. The lowest BCUT2D eigenvalue weighted by Gasteiger charge is -2.21. The SMILES string of the molecule is CN=C(NCCN1CCCCCC1)NCc1ccc(C)cc1OCC1CCOC1.I. The Morgan fingerprint density at radius 1 is 1.20 bits per heavy atom. The van der Waals surface area contributed by atoms with Gasteiger partial charge in [0.25, 0.3) is 0 Å². The Balaban J connectivity index is 0.00000320. The first-order valence-electron chi connectivity index (χ1n) is 11.2.